The lowest BCUT2D eigenvalue weighted by atomic mass is 10.2. The quantitative estimate of drug-likeness (QED) is 0.893. The Hall–Kier alpha value is -1.59. The SMILES string of the molecule is Cc1ccc(Cl)cc1NC(=O)Cn1ccsc1=N. The maximum absolute atomic E-state index is 11.8. The van der Waals surface area contributed by atoms with Gasteiger partial charge in [0, 0.05) is 22.3 Å². The van der Waals surface area contributed by atoms with Gasteiger partial charge in [-0.25, -0.2) is 0 Å². The van der Waals surface area contributed by atoms with Crippen LogP contribution in [-0.4, -0.2) is 10.5 Å². The molecule has 0 atom stereocenters. The molecule has 2 rings (SSSR count). The minimum absolute atomic E-state index is 0.133. The molecular formula is C12H12ClN3OS. The first-order valence-corrected chi connectivity index (χ1v) is 6.56. The molecule has 18 heavy (non-hydrogen) atoms. The first kappa shape index (κ1) is 12.9. The van der Waals surface area contributed by atoms with E-state index in [1.807, 2.05) is 13.0 Å². The second kappa shape index (κ2) is 5.37. The van der Waals surface area contributed by atoms with Gasteiger partial charge in [-0.3, -0.25) is 10.2 Å². The Morgan fingerprint density at radius 3 is 3.00 bits per heavy atom. The summed E-state index contributed by atoms with van der Waals surface area (Å²) in [4.78, 5) is 12.2. The van der Waals surface area contributed by atoms with Crippen LogP contribution in [0.4, 0.5) is 5.69 Å². The normalized spacial score (nSPS) is 10.3. The average Bonchev–Trinajstić information content (AvgIpc) is 2.70. The molecular weight excluding hydrogens is 270 g/mol. The standard InChI is InChI=1S/C12H12ClN3OS/c1-8-2-3-9(13)6-10(8)15-11(17)7-16-4-5-18-12(16)14/h2-6,14H,7H2,1H3,(H,15,17). The minimum Gasteiger partial charge on any atom is -0.324 e. The molecule has 0 saturated heterocycles. The number of nitrogens with one attached hydrogen (secondary N) is 2. The zero-order chi connectivity index (χ0) is 13.1. The third kappa shape index (κ3) is 3.00. The number of anilines is 1. The monoisotopic (exact) mass is 281 g/mol. The number of hydrogen-bond acceptors (Lipinski definition) is 3. The molecule has 2 aromatic rings. The molecule has 0 saturated carbocycles. The number of benzene rings is 1. The van der Waals surface area contributed by atoms with Gasteiger partial charge in [0.05, 0.1) is 0 Å². The van der Waals surface area contributed by atoms with E-state index in [-0.39, 0.29) is 12.5 Å². The van der Waals surface area contributed by atoms with Crippen LogP contribution in [0, 0.1) is 12.3 Å². The van der Waals surface area contributed by atoms with Gasteiger partial charge in [-0.05, 0) is 24.6 Å². The van der Waals surface area contributed by atoms with Gasteiger partial charge < -0.3 is 9.88 Å². The molecule has 0 aliphatic carbocycles. The molecule has 6 heteroatoms. The van der Waals surface area contributed by atoms with Gasteiger partial charge >= 0.3 is 0 Å². The van der Waals surface area contributed by atoms with E-state index in [0.29, 0.717) is 15.5 Å². The molecule has 0 aliphatic rings. The number of carbonyl (C=O) groups is 1. The van der Waals surface area contributed by atoms with E-state index < -0.39 is 0 Å². The average molecular weight is 282 g/mol. The molecule has 0 radical (unpaired) electrons. The summed E-state index contributed by atoms with van der Waals surface area (Å²) in [6.07, 6.45) is 1.72. The Morgan fingerprint density at radius 2 is 2.33 bits per heavy atom. The number of halogens is 1. The van der Waals surface area contributed by atoms with Gasteiger partial charge in [0.15, 0.2) is 4.80 Å². The zero-order valence-electron chi connectivity index (χ0n) is 9.74. The van der Waals surface area contributed by atoms with Gasteiger partial charge in [-0.1, -0.05) is 17.7 Å². The van der Waals surface area contributed by atoms with Crippen molar-refractivity contribution < 1.29 is 4.79 Å². The predicted octanol–water partition coefficient (Wildman–Crippen LogP) is 2.63. The molecule has 1 amide bonds. The third-order valence-corrected chi connectivity index (χ3v) is 3.42. The van der Waals surface area contributed by atoms with E-state index in [2.05, 4.69) is 5.32 Å². The Kier molecular flexibility index (Phi) is 3.84. The first-order chi connectivity index (χ1) is 8.56. The van der Waals surface area contributed by atoms with Crippen molar-refractivity contribution in [2.24, 2.45) is 0 Å². The molecule has 94 valence electrons. The molecule has 2 N–H and O–H groups in total. The van der Waals surface area contributed by atoms with Crippen LogP contribution in [0.1, 0.15) is 5.56 Å². The van der Waals surface area contributed by atoms with E-state index in [4.69, 9.17) is 17.0 Å². The van der Waals surface area contributed by atoms with E-state index in [1.165, 1.54) is 11.3 Å². The van der Waals surface area contributed by atoms with Gasteiger partial charge in [-0.15, -0.1) is 11.3 Å². The summed E-state index contributed by atoms with van der Waals surface area (Å²) < 4.78 is 1.58. The third-order valence-electron chi connectivity index (χ3n) is 2.47. The fourth-order valence-corrected chi connectivity index (χ4v) is 2.27. The maximum Gasteiger partial charge on any atom is 0.244 e. The Labute approximate surface area is 113 Å². The van der Waals surface area contributed by atoms with Crippen molar-refractivity contribution in [3.05, 3.63) is 45.2 Å². The van der Waals surface area contributed by atoms with Crippen molar-refractivity contribution in [1.29, 1.82) is 5.41 Å². The highest BCUT2D eigenvalue weighted by atomic mass is 35.5. The van der Waals surface area contributed by atoms with Crippen LogP contribution < -0.4 is 10.1 Å². The van der Waals surface area contributed by atoms with Crippen LogP contribution in [-0.2, 0) is 11.3 Å². The molecule has 1 heterocycles. The second-order valence-corrected chi connectivity index (χ2v) is 5.17. The first-order valence-electron chi connectivity index (χ1n) is 5.31. The molecule has 0 spiro atoms. The van der Waals surface area contributed by atoms with Crippen LogP contribution in [0.2, 0.25) is 5.02 Å². The summed E-state index contributed by atoms with van der Waals surface area (Å²) in [7, 11) is 0. The lowest BCUT2D eigenvalue weighted by Crippen LogP contribution is -2.24. The van der Waals surface area contributed by atoms with Crippen LogP contribution in [0.15, 0.2) is 29.8 Å². The Bertz CT molecular complexity index is 632. The van der Waals surface area contributed by atoms with Crippen LogP contribution in [0.3, 0.4) is 0 Å². The van der Waals surface area contributed by atoms with Gasteiger partial charge in [0.2, 0.25) is 5.91 Å². The summed E-state index contributed by atoms with van der Waals surface area (Å²) >= 11 is 7.17. The highest BCUT2D eigenvalue weighted by Crippen LogP contribution is 2.20. The summed E-state index contributed by atoms with van der Waals surface area (Å²) in [6, 6.07) is 5.35. The highest BCUT2D eigenvalue weighted by Gasteiger charge is 2.06. The van der Waals surface area contributed by atoms with E-state index in [9.17, 15) is 4.79 Å². The molecule has 0 aliphatic heterocycles. The topological polar surface area (TPSA) is 57.9 Å². The van der Waals surface area contributed by atoms with E-state index >= 15 is 0 Å². The van der Waals surface area contributed by atoms with Gasteiger partial charge in [-0.2, -0.15) is 0 Å². The zero-order valence-corrected chi connectivity index (χ0v) is 11.3. The summed E-state index contributed by atoms with van der Waals surface area (Å²) in [5.74, 6) is -0.169. The van der Waals surface area contributed by atoms with Crippen LogP contribution in [0.25, 0.3) is 0 Å². The Balaban J connectivity index is 2.10. The van der Waals surface area contributed by atoms with Crippen molar-refractivity contribution in [3.8, 4) is 0 Å². The number of amides is 1. The lowest BCUT2D eigenvalue weighted by Gasteiger charge is -2.09. The van der Waals surface area contributed by atoms with Crippen molar-refractivity contribution >= 4 is 34.5 Å². The van der Waals surface area contributed by atoms with E-state index in [1.54, 1.807) is 28.3 Å². The predicted molar refractivity (Wildman–Crippen MR) is 73.0 cm³/mol. The van der Waals surface area contributed by atoms with Gasteiger partial charge in [0.1, 0.15) is 6.54 Å². The molecule has 4 nitrogen and oxygen atoms in total. The van der Waals surface area contributed by atoms with Crippen LogP contribution in [0.5, 0.6) is 0 Å². The summed E-state index contributed by atoms with van der Waals surface area (Å²) in [5, 5.41) is 12.7. The molecule has 0 unspecified atom stereocenters. The number of carbonyl (C=O) groups excluding carboxylic acids is 1. The summed E-state index contributed by atoms with van der Waals surface area (Å²) in [6.45, 7) is 2.04. The van der Waals surface area contributed by atoms with E-state index in [0.717, 1.165) is 5.56 Å². The molecule has 1 aromatic carbocycles. The number of aromatic nitrogens is 1. The molecule has 0 fully saturated rings. The number of rotatable bonds is 3. The number of thiazole rings is 1. The number of hydrogen-bond donors (Lipinski definition) is 2. The lowest BCUT2D eigenvalue weighted by molar-refractivity contribution is -0.116. The molecule has 0 bridgehead atoms. The van der Waals surface area contributed by atoms with Crippen molar-refractivity contribution in [1.82, 2.24) is 4.57 Å². The van der Waals surface area contributed by atoms with Gasteiger partial charge in [0.25, 0.3) is 0 Å². The fraction of sp³-hybridized carbons (Fsp3) is 0.167. The van der Waals surface area contributed by atoms with Crippen molar-refractivity contribution in [2.45, 2.75) is 13.5 Å². The van der Waals surface area contributed by atoms with Crippen molar-refractivity contribution in [2.75, 3.05) is 5.32 Å². The van der Waals surface area contributed by atoms with Crippen LogP contribution >= 0.6 is 22.9 Å². The number of aryl methyl sites for hydroxylation is 1. The second-order valence-electron chi connectivity index (χ2n) is 3.84. The van der Waals surface area contributed by atoms with Crippen molar-refractivity contribution in [3.63, 3.8) is 0 Å². The maximum atomic E-state index is 11.8. The summed E-state index contributed by atoms with van der Waals surface area (Å²) in [5.41, 5.74) is 1.66. The largest absolute Gasteiger partial charge is 0.324 e. The highest BCUT2D eigenvalue weighted by molar-refractivity contribution is 7.06. The number of nitrogens with zero attached hydrogens (tertiary/aromatic N) is 1. The molecule has 1 aromatic heterocycles. The smallest absolute Gasteiger partial charge is 0.244 e. The minimum atomic E-state index is -0.169. The Morgan fingerprint density at radius 1 is 1.56 bits per heavy atom. The fourth-order valence-electron chi connectivity index (χ4n) is 1.50.